The molecule has 0 fully saturated rings. The third kappa shape index (κ3) is 1.82. The third-order valence-corrected chi connectivity index (χ3v) is 1.93. The number of carboxylic acids is 1. The monoisotopic (exact) mass is 224 g/mol. The lowest BCUT2D eigenvalue weighted by Crippen LogP contribution is -2.09. The molecule has 0 saturated carbocycles. The summed E-state index contributed by atoms with van der Waals surface area (Å²) in [4.78, 5) is 10.2. The highest BCUT2D eigenvalue weighted by Gasteiger charge is 2.26. The van der Waals surface area contributed by atoms with E-state index in [4.69, 9.17) is 16.7 Å². The third-order valence-electron chi connectivity index (χ3n) is 1.55. The molecular formula is C8H4ClF3O2. The second kappa shape index (κ2) is 3.88. The van der Waals surface area contributed by atoms with Gasteiger partial charge in [0.25, 0.3) is 0 Å². The number of carbonyl (C=O) groups is 1. The van der Waals surface area contributed by atoms with Gasteiger partial charge in [-0.3, -0.25) is 0 Å². The van der Waals surface area contributed by atoms with Gasteiger partial charge in [0.1, 0.15) is 11.6 Å². The summed E-state index contributed by atoms with van der Waals surface area (Å²) in [5.74, 6) is -4.17. The summed E-state index contributed by atoms with van der Waals surface area (Å²) in [5, 5.41) is 7.41. The van der Waals surface area contributed by atoms with E-state index >= 15 is 0 Å². The quantitative estimate of drug-likeness (QED) is 0.785. The second-order valence-electron chi connectivity index (χ2n) is 2.46. The van der Waals surface area contributed by atoms with Gasteiger partial charge in [0.2, 0.25) is 6.17 Å². The van der Waals surface area contributed by atoms with Crippen LogP contribution < -0.4 is 0 Å². The molecule has 0 aliphatic rings. The number of carboxylic acid groups (broad SMARTS) is 1. The highest BCUT2D eigenvalue weighted by Crippen LogP contribution is 2.30. The topological polar surface area (TPSA) is 37.3 Å². The van der Waals surface area contributed by atoms with Crippen LogP contribution in [-0.4, -0.2) is 11.1 Å². The molecule has 0 bridgehead atoms. The van der Waals surface area contributed by atoms with Gasteiger partial charge in [0.15, 0.2) is 0 Å². The lowest BCUT2D eigenvalue weighted by molar-refractivity contribution is -0.143. The smallest absolute Gasteiger partial charge is 0.343 e. The Morgan fingerprint density at radius 2 is 1.86 bits per heavy atom. The van der Waals surface area contributed by atoms with Gasteiger partial charge in [-0.1, -0.05) is 11.6 Å². The van der Waals surface area contributed by atoms with Crippen LogP contribution >= 0.6 is 11.6 Å². The molecule has 1 atom stereocenters. The Hall–Kier alpha value is -1.23. The maximum Gasteiger partial charge on any atom is 0.343 e. The molecule has 0 aliphatic carbocycles. The fraction of sp³-hybridized carbons (Fsp3) is 0.125. The van der Waals surface area contributed by atoms with Crippen LogP contribution in [0.25, 0.3) is 0 Å². The SMILES string of the molecule is O=C(O)C(F)c1c(F)ccc(F)c1Cl. The largest absolute Gasteiger partial charge is 0.479 e. The fourth-order valence-corrected chi connectivity index (χ4v) is 1.15. The van der Waals surface area contributed by atoms with E-state index in [0.29, 0.717) is 12.1 Å². The van der Waals surface area contributed by atoms with Crippen molar-refractivity contribution in [3.63, 3.8) is 0 Å². The zero-order valence-electron chi connectivity index (χ0n) is 6.60. The zero-order chi connectivity index (χ0) is 10.9. The number of alkyl halides is 1. The van der Waals surface area contributed by atoms with Gasteiger partial charge < -0.3 is 5.11 Å². The molecule has 1 rings (SSSR count). The highest BCUT2D eigenvalue weighted by atomic mass is 35.5. The maximum atomic E-state index is 12.9. The Bertz CT molecular complexity index is 381. The maximum absolute atomic E-state index is 12.9. The number of rotatable bonds is 2. The number of benzene rings is 1. The van der Waals surface area contributed by atoms with Gasteiger partial charge in [-0.25, -0.2) is 18.0 Å². The van der Waals surface area contributed by atoms with Crippen molar-refractivity contribution in [1.29, 1.82) is 0 Å². The molecule has 1 N–H and O–H groups in total. The molecular weight excluding hydrogens is 221 g/mol. The summed E-state index contributed by atoms with van der Waals surface area (Å²) in [7, 11) is 0. The molecule has 0 radical (unpaired) electrons. The van der Waals surface area contributed by atoms with Crippen LogP contribution in [0.15, 0.2) is 12.1 Å². The molecule has 0 amide bonds. The number of hydrogen-bond acceptors (Lipinski definition) is 1. The van der Waals surface area contributed by atoms with E-state index in [1.807, 2.05) is 0 Å². The van der Waals surface area contributed by atoms with Crippen LogP contribution in [0.1, 0.15) is 11.7 Å². The molecule has 6 heteroatoms. The molecule has 1 aromatic rings. The van der Waals surface area contributed by atoms with Crippen LogP contribution in [0.5, 0.6) is 0 Å². The molecule has 0 spiro atoms. The number of hydrogen-bond donors (Lipinski definition) is 1. The normalized spacial score (nSPS) is 12.6. The van der Waals surface area contributed by atoms with Crippen LogP contribution in [0.4, 0.5) is 13.2 Å². The minimum absolute atomic E-state index is 0.617. The van der Waals surface area contributed by atoms with Crippen molar-refractivity contribution in [3.05, 3.63) is 34.4 Å². The van der Waals surface area contributed by atoms with Crippen molar-refractivity contribution in [2.75, 3.05) is 0 Å². The van der Waals surface area contributed by atoms with Gasteiger partial charge in [0.05, 0.1) is 10.6 Å². The Morgan fingerprint density at radius 1 is 1.36 bits per heavy atom. The Labute approximate surface area is 81.9 Å². The van der Waals surface area contributed by atoms with Crippen molar-refractivity contribution < 1.29 is 23.1 Å². The lowest BCUT2D eigenvalue weighted by atomic mass is 10.1. The Balaban J connectivity index is 3.32. The summed E-state index contributed by atoms with van der Waals surface area (Å²) < 4.78 is 38.5. The Kier molecular flexibility index (Phi) is 3.00. The minimum atomic E-state index is -2.67. The van der Waals surface area contributed by atoms with E-state index in [2.05, 4.69) is 0 Å². The number of aliphatic carboxylic acids is 1. The van der Waals surface area contributed by atoms with Crippen LogP contribution in [0, 0.1) is 11.6 Å². The van der Waals surface area contributed by atoms with Crippen molar-refractivity contribution in [3.8, 4) is 0 Å². The van der Waals surface area contributed by atoms with Crippen molar-refractivity contribution in [1.82, 2.24) is 0 Å². The predicted octanol–water partition coefficient (Wildman–Crippen LogP) is 2.71. The van der Waals surface area contributed by atoms with E-state index in [0.717, 1.165) is 0 Å². The molecule has 0 heterocycles. The molecule has 0 aromatic heterocycles. The summed E-state index contributed by atoms with van der Waals surface area (Å²) in [6.07, 6.45) is -2.67. The molecule has 1 unspecified atom stereocenters. The van der Waals surface area contributed by atoms with Crippen LogP contribution in [0.2, 0.25) is 5.02 Å². The van der Waals surface area contributed by atoms with Crippen LogP contribution in [-0.2, 0) is 4.79 Å². The molecule has 14 heavy (non-hydrogen) atoms. The summed E-state index contributed by atoms with van der Waals surface area (Å²) >= 11 is 5.22. The van der Waals surface area contributed by atoms with E-state index in [9.17, 15) is 18.0 Å². The van der Waals surface area contributed by atoms with Gasteiger partial charge in [-0.05, 0) is 12.1 Å². The summed E-state index contributed by atoms with van der Waals surface area (Å²) in [6.45, 7) is 0. The lowest BCUT2D eigenvalue weighted by Gasteiger charge is -2.07. The molecule has 1 aromatic carbocycles. The molecule has 0 aliphatic heterocycles. The van der Waals surface area contributed by atoms with Gasteiger partial charge in [-0.15, -0.1) is 0 Å². The van der Waals surface area contributed by atoms with E-state index in [1.54, 1.807) is 0 Å². The first-order valence-electron chi connectivity index (χ1n) is 3.45. The first kappa shape index (κ1) is 10.8. The van der Waals surface area contributed by atoms with Crippen molar-refractivity contribution >= 4 is 17.6 Å². The fourth-order valence-electron chi connectivity index (χ4n) is 0.899. The van der Waals surface area contributed by atoms with Gasteiger partial charge in [-0.2, -0.15) is 0 Å². The first-order valence-corrected chi connectivity index (χ1v) is 3.83. The number of halogens is 4. The summed E-state index contributed by atoms with van der Waals surface area (Å²) in [5.41, 5.74) is -0.987. The first-order chi connectivity index (χ1) is 6.45. The van der Waals surface area contributed by atoms with E-state index in [-0.39, 0.29) is 0 Å². The van der Waals surface area contributed by atoms with Crippen LogP contribution in [0.3, 0.4) is 0 Å². The molecule has 0 saturated heterocycles. The average molecular weight is 225 g/mol. The van der Waals surface area contributed by atoms with Gasteiger partial charge >= 0.3 is 5.97 Å². The van der Waals surface area contributed by atoms with Crippen molar-refractivity contribution in [2.24, 2.45) is 0 Å². The van der Waals surface area contributed by atoms with Gasteiger partial charge in [0, 0.05) is 0 Å². The zero-order valence-corrected chi connectivity index (χ0v) is 7.36. The average Bonchev–Trinajstić information content (AvgIpc) is 2.12. The standard InChI is InChI=1S/C8H4ClF3O2/c9-6-4(11)2-1-3(10)5(6)7(12)8(13)14/h1-2,7H,(H,13,14). The Morgan fingerprint density at radius 3 is 2.36 bits per heavy atom. The minimum Gasteiger partial charge on any atom is -0.479 e. The molecule has 76 valence electrons. The van der Waals surface area contributed by atoms with E-state index in [1.165, 1.54) is 0 Å². The summed E-state index contributed by atoms with van der Waals surface area (Å²) in [6, 6.07) is 1.31. The predicted molar refractivity (Wildman–Crippen MR) is 42.9 cm³/mol. The van der Waals surface area contributed by atoms with Crippen molar-refractivity contribution in [2.45, 2.75) is 6.17 Å². The molecule has 2 nitrogen and oxygen atoms in total. The van der Waals surface area contributed by atoms with E-state index < -0.39 is 34.4 Å². The second-order valence-corrected chi connectivity index (χ2v) is 2.84. The highest BCUT2D eigenvalue weighted by molar-refractivity contribution is 6.31.